The molecule has 1 unspecified atom stereocenters. The molecule has 1 atom stereocenters. The summed E-state index contributed by atoms with van der Waals surface area (Å²) in [5.41, 5.74) is 6.33. The highest BCUT2D eigenvalue weighted by Gasteiger charge is 2.21. The average Bonchev–Trinajstić information content (AvgIpc) is 2.77. The maximum atomic E-state index is 4.27. The summed E-state index contributed by atoms with van der Waals surface area (Å²) in [7, 11) is 0. The minimum atomic E-state index is 0.421. The van der Waals surface area contributed by atoms with Crippen molar-refractivity contribution in [3.05, 3.63) is 96.8 Å². The van der Waals surface area contributed by atoms with Gasteiger partial charge in [0.15, 0.2) is 0 Å². The van der Waals surface area contributed by atoms with Gasteiger partial charge in [-0.3, -0.25) is 4.98 Å². The molecule has 1 N–H and O–H groups in total. The summed E-state index contributed by atoms with van der Waals surface area (Å²) >= 11 is 1.86. The minimum absolute atomic E-state index is 0.421. The number of hydrogen-bond donors (Lipinski definition) is 1. The van der Waals surface area contributed by atoms with E-state index < -0.39 is 0 Å². The van der Waals surface area contributed by atoms with Gasteiger partial charge in [-0.2, -0.15) is 0 Å². The highest BCUT2D eigenvalue weighted by atomic mass is 32.2. The molecule has 4 rings (SSSR count). The van der Waals surface area contributed by atoms with Gasteiger partial charge in [0.05, 0.1) is 0 Å². The second-order valence-electron chi connectivity index (χ2n) is 7.18. The molecule has 29 heavy (non-hydrogen) atoms. The van der Waals surface area contributed by atoms with Crippen LogP contribution < -0.4 is 5.32 Å². The first-order chi connectivity index (χ1) is 14.3. The van der Waals surface area contributed by atoms with Crippen molar-refractivity contribution in [1.82, 2.24) is 10.3 Å². The first kappa shape index (κ1) is 19.7. The average molecular weight is 399 g/mol. The summed E-state index contributed by atoms with van der Waals surface area (Å²) in [6, 6.07) is 20.0. The van der Waals surface area contributed by atoms with Gasteiger partial charge in [0, 0.05) is 33.8 Å². The molecule has 146 valence electrons. The number of aromatic nitrogens is 1. The molecule has 2 nitrogen and oxygen atoms in total. The normalized spacial score (nSPS) is 14.9. The molecular formula is C26H26N2S. The lowest BCUT2D eigenvalue weighted by Crippen LogP contribution is -2.27. The lowest BCUT2D eigenvalue weighted by atomic mass is 9.93. The van der Waals surface area contributed by atoms with Gasteiger partial charge in [-0.05, 0) is 59.8 Å². The molecule has 1 aromatic heterocycles. The van der Waals surface area contributed by atoms with Gasteiger partial charge in [0.25, 0.3) is 0 Å². The van der Waals surface area contributed by atoms with Crippen molar-refractivity contribution in [2.45, 2.75) is 35.6 Å². The van der Waals surface area contributed by atoms with Gasteiger partial charge in [-0.25, -0.2) is 0 Å². The fourth-order valence-electron chi connectivity index (χ4n) is 3.82. The fourth-order valence-corrected chi connectivity index (χ4v) is 4.96. The Morgan fingerprint density at radius 3 is 2.66 bits per heavy atom. The van der Waals surface area contributed by atoms with E-state index in [2.05, 4.69) is 78.4 Å². The molecule has 0 aliphatic carbocycles. The van der Waals surface area contributed by atoms with Crippen LogP contribution in [0.3, 0.4) is 0 Å². The number of nitrogens with zero attached hydrogens (tertiary/aromatic N) is 1. The first-order valence-electron chi connectivity index (χ1n) is 10.2. The molecule has 0 fully saturated rings. The van der Waals surface area contributed by atoms with Crippen molar-refractivity contribution in [1.29, 1.82) is 0 Å². The van der Waals surface area contributed by atoms with Crippen molar-refractivity contribution < 1.29 is 0 Å². The largest absolute Gasteiger partial charge is 0.314 e. The standard InChI is InChI=1S/C26H26N2S/c1-3-8-21(28-4-2)13-15-22-23-10-5-6-11-25(23)29-26-17-19(12-14-24(22)26)20-9-7-16-27-18-20/h3,5-7,9-12,14-18,21,28H,1,4,8,13H2,2H3/b22-15-. The molecule has 0 amide bonds. The summed E-state index contributed by atoms with van der Waals surface area (Å²) in [5, 5.41) is 3.57. The van der Waals surface area contributed by atoms with Gasteiger partial charge in [-0.15, -0.1) is 6.58 Å². The van der Waals surface area contributed by atoms with E-state index >= 15 is 0 Å². The van der Waals surface area contributed by atoms with E-state index in [4.69, 9.17) is 0 Å². The molecule has 2 heterocycles. The molecule has 0 bridgehead atoms. The number of pyridine rings is 1. The Morgan fingerprint density at radius 2 is 1.86 bits per heavy atom. The molecule has 3 heteroatoms. The van der Waals surface area contributed by atoms with Crippen molar-refractivity contribution in [2.75, 3.05) is 6.54 Å². The van der Waals surface area contributed by atoms with E-state index in [-0.39, 0.29) is 0 Å². The molecule has 0 radical (unpaired) electrons. The molecule has 0 saturated heterocycles. The van der Waals surface area contributed by atoms with Crippen LogP contribution in [0.4, 0.5) is 0 Å². The van der Waals surface area contributed by atoms with Gasteiger partial charge in [0.1, 0.15) is 0 Å². The Balaban J connectivity index is 1.74. The Labute approximate surface area is 177 Å². The number of benzene rings is 2. The van der Waals surface area contributed by atoms with E-state index in [1.165, 1.54) is 32.1 Å². The Hall–Kier alpha value is -2.62. The maximum absolute atomic E-state index is 4.27. The summed E-state index contributed by atoms with van der Waals surface area (Å²) in [4.78, 5) is 6.90. The second kappa shape index (κ2) is 9.25. The molecule has 3 aromatic rings. The van der Waals surface area contributed by atoms with Crippen LogP contribution in [0.5, 0.6) is 0 Å². The third-order valence-corrected chi connectivity index (χ3v) is 6.35. The summed E-state index contributed by atoms with van der Waals surface area (Å²) in [5.74, 6) is 0. The smallest absolute Gasteiger partial charge is 0.0346 e. The zero-order chi connectivity index (χ0) is 20.1. The van der Waals surface area contributed by atoms with Crippen molar-refractivity contribution in [2.24, 2.45) is 0 Å². The molecule has 1 aliphatic heterocycles. The molecule has 2 aromatic carbocycles. The van der Waals surface area contributed by atoms with Crippen LogP contribution in [-0.4, -0.2) is 17.6 Å². The first-order valence-corrected chi connectivity index (χ1v) is 11.0. The highest BCUT2D eigenvalue weighted by molar-refractivity contribution is 7.99. The van der Waals surface area contributed by atoms with Gasteiger partial charge in [0.2, 0.25) is 0 Å². The maximum Gasteiger partial charge on any atom is 0.0346 e. The number of hydrogen-bond acceptors (Lipinski definition) is 3. The topological polar surface area (TPSA) is 24.9 Å². The second-order valence-corrected chi connectivity index (χ2v) is 8.27. The van der Waals surface area contributed by atoms with Gasteiger partial charge < -0.3 is 5.32 Å². The zero-order valence-corrected chi connectivity index (χ0v) is 17.6. The summed E-state index contributed by atoms with van der Waals surface area (Å²) < 4.78 is 0. The SMILES string of the molecule is C=CCC(C/C=C1/c2ccccc2Sc2cc(-c3cccnc3)ccc21)NCC. The third-order valence-electron chi connectivity index (χ3n) is 5.21. The van der Waals surface area contributed by atoms with Gasteiger partial charge >= 0.3 is 0 Å². The van der Waals surface area contributed by atoms with E-state index in [9.17, 15) is 0 Å². The number of rotatable bonds is 7. The van der Waals surface area contributed by atoms with Crippen LogP contribution in [0.1, 0.15) is 30.9 Å². The van der Waals surface area contributed by atoms with Crippen molar-refractivity contribution in [3.63, 3.8) is 0 Å². The van der Waals surface area contributed by atoms with E-state index in [1.807, 2.05) is 36.3 Å². The van der Waals surface area contributed by atoms with Crippen LogP contribution >= 0.6 is 11.8 Å². The van der Waals surface area contributed by atoms with E-state index in [1.54, 1.807) is 0 Å². The van der Waals surface area contributed by atoms with Gasteiger partial charge in [-0.1, -0.05) is 67.2 Å². The van der Waals surface area contributed by atoms with Crippen LogP contribution in [0.15, 0.2) is 95.5 Å². The molecule has 0 saturated carbocycles. The van der Waals surface area contributed by atoms with Crippen LogP contribution in [0.25, 0.3) is 16.7 Å². The lowest BCUT2D eigenvalue weighted by Gasteiger charge is -2.24. The Morgan fingerprint density at radius 1 is 1.00 bits per heavy atom. The lowest BCUT2D eigenvalue weighted by molar-refractivity contribution is 0.538. The zero-order valence-electron chi connectivity index (χ0n) is 16.8. The summed E-state index contributed by atoms with van der Waals surface area (Å²) in [6.45, 7) is 7.05. The Bertz CT molecular complexity index is 1020. The molecular weight excluding hydrogens is 372 g/mol. The number of nitrogens with one attached hydrogen (secondary N) is 1. The molecule has 1 aliphatic rings. The predicted octanol–water partition coefficient (Wildman–Crippen LogP) is 6.59. The van der Waals surface area contributed by atoms with Crippen molar-refractivity contribution in [3.8, 4) is 11.1 Å². The monoisotopic (exact) mass is 398 g/mol. The predicted molar refractivity (Wildman–Crippen MR) is 124 cm³/mol. The fraction of sp³-hybridized carbons (Fsp3) is 0.192. The molecule has 0 spiro atoms. The van der Waals surface area contributed by atoms with Crippen LogP contribution in [-0.2, 0) is 0 Å². The number of fused-ring (bicyclic) bond motifs is 2. The van der Waals surface area contributed by atoms with Crippen molar-refractivity contribution >= 4 is 17.3 Å². The van der Waals surface area contributed by atoms with Crippen LogP contribution in [0.2, 0.25) is 0 Å². The highest BCUT2D eigenvalue weighted by Crippen LogP contribution is 2.46. The van der Waals surface area contributed by atoms with Crippen LogP contribution in [0, 0.1) is 0 Å². The van der Waals surface area contributed by atoms with E-state index in [0.717, 1.165) is 24.9 Å². The summed E-state index contributed by atoms with van der Waals surface area (Å²) in [6.07, 6.45) is 10.1. The third kappa shape index (κ3) is 4.36. The Kier molecular flexibility index (Phi) is 6.28. The minimum Gasteiger partial charge on any atom is -0.314 e. The van der Waals surface area contributed by atoms with E-state index in [0.29, 0.717) is 6.04 Å². The quantitative estimate of drug-likeness (QED) is 0.356.